The lowest BCUT2D eigenvalue weighted by Gasteiger charge is -2.03. The van der Waals surface area contributed by atoms with Crippen molar-refractivity contribution in [3.05, 3.63) is 43.7 Å². The first-order valence-corrected chi connectivity index (χ1v) is 6.64. The van der Waals surface area contributed by atoms with Crippen molar-refractivity contribution in [2.24, 2.45) is 0 Å². The highest BCUT2D eigenvalue weighted by Crippen LogP contribution is 2.27. The summed E-state index contributed by atoms with van der Waals surface area (Å²) in [6.07, 6.45) is 1.24. The zero-order valence-corrected chi connectivity index (χ0v) is 12.1. The maximum Gasteiger partial charge on any atom is 0.319 e. The van der Waals surface area contributed by atoms with E-state index in [1.165, 1.54) is 23.6 Å². The average Bonchev–Trinajstić information content (AvgIpc) is 2.67. The van der Waals surface area contributed by atoms with E-state index in [-0.39, 0.29) is 10.7 Å². The standard InChI is InChI=1S/C11H9ClN4O3S/c1-5-6(2)20-11(14-5)15-10(17)7-3-4-13-9(12)8(7)16(18)19/h3-4H,1-2H3,(H,14,15,17). The largest absolute Gasteiger partial charge is 0.319 e. The molecule has 104 valence electrons. The third kappa shape index (κ3) is 2.75. The van der Waals surface area contributed by atoms with Crippen LogP contribution in [0.2, 0.25) is 5.15 Å². The number of carbonyl (C=O) groups is 1. The summed E-state index contributed by atoms with van der Waals surface area (Å²) >= 11 is 6.95. The van der Waals surface area contributed by atoms with Crippen molar-refractivity contribution in [3.8, 4) is 0 Å². The van der Waals surface area contributed by atoms with Gasteiger partial charge in [-0.15, -0.1) is 11.3 Å². The monoisotopic (exact) mass is 312 g/mol. The summed E-state index contributed by atoms with van der Waals surface area (Å²) in [5.74, 6) is -0.644. The summed E-state index contributed by atoms with van der Waals surface area (Å²) in [5, 5.41) is 13.5. The van der Waals surface area contributed by atoms with Gasteiger partial charge in [-0.2, -0.15) is 0 Å². The second-order valence-electron chi connectivity index (χ2n) is 3.87. The molecule has 0 aliphatic rings. The third-order valence-electron chi connectivity index (χ3n) is 2.56. The number of thiazole rings is 1. The third-order valence-corrected chi connectivity index (χ3v) is 3.82. The SMILES string of the molecule is Cc1nc(NC(=O)c2ccnc(Cl)c2[N+](=O)[O-])sc1C. The number of halogens is 1. The molecule has 0 spiro atoms. The van der Waals surface area contributed by atoms with E-state index < -0.39 is 16.5 Å². The second-order valence-corrected chi connectivity index (χ2v) is 5.43. The van der Waals surface area contributed by atoms with Crippen LogP contribution in [-0.4, -0.2) is 20.8 Å². The number of hydrogen-bond acceptors (Lipinski definition) is 6. The fourth-order valence-electron chi connectivity index (χ4n) is 1.48. The topological polar surface area (TPSA) is 98.0 Å². The van der Waals surface area contributed by atoms with Crippen molar-refractivity contribution in [1.29, 1.82) is 0 Å². The molecule has 0 saturated carbocycles. The molecule has 0 atom stereocenters. The Bertz CT molecular complexity index is 681. The lowest BCUT2D eigenvalue weighted by Crippen LogP contribution is -2.14. The molecule has 20 heavy (non-hydrogen) atoms. The predicted molar refractivity (Wildman–Crippen MR) is 75.4 cm³/mol. The molecule has 7 nitrogen and oxygen atoms in total. The fraction of sp³-hybridized carbons (Fsp3) is 0.182. The fourth-order valence-corrected chi connectivity index (χ4v) is 2.51. The molecule has 0 aromatic carbocycles. The second kappa shape index (κ2) is 5.51. The molecular weight excluding hydrogens is 304 g/mol. The van der Waals surface area contributed by atoms with Crippen LogP contribution >= 0.6 is 22.9 Å². The molecule has 0 unspecified atom stereocenters. The van der Waals surface area contributed by atoms with E-state index in [0.29, 0.717) is 5.13 Å². The molecule has 2 aromatic heterocycles. The molecule has 0 aliphatic carbocycles. The van der Waals surface area contributed by atoms with Crippen LogP contribution in [0.25, 0.3) is 0 Å². The Kier molecular flexibility index (Phi) is 3.96. The van der Waals surface area contributed by atoms with Crippen LogP contribution in [0.4, 0.5) is 10.8 Å². The first kappa shape index (κ1) is 14.4. The highest BCUT2D eigenvalue weighted by molar-refractivity contribution is 7.15. The average molecular weight is 313 g/mol. The molecule has 2 rings (SSSR count). The molecule has 0 saturated heterocycles. The minimum absolute atomic E-state index is 0.152. The van der Waals surface area contributed by atoms with Crippen molar-refractivity contribution < 1.29 is 9.72 Å². The van der Waals surface area contributed by atoms with Crippen LogP contribution in [-0.2, 0) is 0 Å². The lowest BCUT2D eigenvalue weighted by atomic mass is 10.2. The van der Waals surface area contributed by atoms with Gasteiger partial charge in [0, 0.05) is 11.1 Å². The number of nitro groups is 1. The van der Waals surface area contributed by atoms with E-state index in [9.17, 15) is 14.9 Å². The van der Waals surface area contributed by atoms with Gasteiger partial charge in [0.2, 0.25) is 5.15 Å². The Hall–Kier alpha value is -2.06. The van der Waals surface area contributed by atoms with Gasteiger partial charge >= 0.3 is 5.69 Å². The van der Waals surface area contributed by atoms with E-state index in [0.717, 1.165) is 10.6 Å². The van der Waals surface area contributed by atoms with Crippen molar-refractivity contribution in [2.45, 2.75) is 13.8 Å². The van der Waals surface area contributed by atoms with Gasteiger partial charge in [-0.05, 0) is 19.9 Å². The van der Waals surface area contributed by atoms with Gasteiger partial charge in [0.25, 0.3) is 5.91 Å². The van der Waals surface area contributed by atoms with Crippen LogP contribution in [0, 0.1) is 24.0 Å². The highest BCUT2D eigenvalue weighted by Gasteiger charge is 2.25. The van der Waals surface area contributed by atoms with E-state index in [1.807, 2.05) is 13.8 Å². The Morgan fingerprint density at radius 1 is 1.50 bits per heavy atom. The van der Waals surface area contributed by atoms with E-state index >= 15 is 0 Å². The van der Waals surface area contributed by atoms with Crippen LogP contribution < -0.4 is 5.32 Å². The summed E-state index contributed by atoms with van der Waals surface area (Å²) in [7, 11) is 0. The van der Waals surface area contributed by atoms with Gasteiger partial charge in [0.05, 0.1) is 10.6 Å². The highest BCUT2D eigenvalue weighted by atomic mass is 35.5. The van der Waals surface area contributed by atoms with Crippen molar-refractivity contribution in [2.75, 3.05) is 5.32 Å². The molecule has 1 amide bonds. The summed E-state index contributed by atoms with van der Waals surface area (Å²) in [6.45, 7) is 3.68. The van der Waals surface area contributed by atoms with Crippen molar-refractivity contribution >= 4 is 39.7 Å². The molecule has 0 aliphatic heterocycles. The molecule has 9 heteroatoms. The number of amides is 1. The zero-order valence-electron chi connectivity index (χ0n) is 10.5. The van der Waals surface area contributed by atoms with Gasteiger partial charge in [-0.25, -0.2) is 9.97 Å². The summed E-state index contributed by atoms with van der Waals surface area (Å²) < 4.78 is 0. The van der Waals surface area contributed by atoms with Gasteiger partial charge in [-0.1, -0.05) is 11.6 Å². The normalized spacial score (nSPS) is 10.3. The number of anilines is 1. The summed E-state index contributed by atoms with van der Waals surface area (Å²) in [4.78, 5) is 31.0. The summed E-state index contributed by atoms with van der Waals surface area (Å²) in [6, 6.07) is 1.24. The first-order chi connectivity index (χ1) is 9.40. The molecule has 2 aromatic rings. The maximum atomic E-state index is 12.1. The number of aryl methyl sites for hydroxylation is 2. The van der Waals surface area contributed by atoms with Gasteiger partial charge in [0.1, 0.15) is 5.56 Å². The van der Waals surface area contributed by atoms with E-state index in [1.54, 1.807) is 0 Å². The van der Waals surface area contributed by atoms with E-state index in [2.05, 4.69) is 15.3 Å². The van der Waals surface area contributed by atoms with Crippen molar-refractivity contribution in [1.82, 2.24) is 9.97 Å². The number of rotatable bonds is 3. The first-order valence-electron chi connectivity index (χ1n) is 5.44. The molecule has 1 N–H and O–H groups in total. The molecule has 0 bridgehead atoms. The van der Waals surface area contributed by atoms with E-state index in [4.69, 9.17) is 11.6 Å². The van der Waals surface area contributed by atoms with Crippen LogP contribution in [0.5, 0.6) is 0 Å². The Morgan fingerprint density at radius 3 is 2.75 bits per heavy atom. The van der Waals surface area contributed by atoms with Crippen LogP contribution in [0.3, 0.4) is 0 Å². The quantitative estimate of drug-likeness (QED) is 0.533. The number of hydrogen-bond donors (Lipinski definition) is 1. The minimum atomic E-state index is -0.734. The summed E-state index contributed by atoms with van der Waals surface area (Å²) in [5.41, 5.74) is 0.129. The Morgan fingerprint density at radius 2 is 2.20 bits per heavy atom. The predicted octanol–water partition coefficient (Wildman–Crippen LogP) is 2.97. The molecular formula is C11H9ClN4O3S. The number of carbonyl (C=O) groups excluding carboxylic acids is 1. The molecule has 2 heterocycles. The van der Waals surface area contributed by atoms with Crippen LogP contribution in [0.1, 0.15) is 20.9 Å². The van der Waals surface area contributed by atoms with Crippen LogP contribution in [0.15, 0.2) is 12.3 Å². The van der Waals surface area contributed by atoms with Gasteiger partial charge in [0.15, 0.2) is 5.13 Å². The molecule has 0 fully saturated rings. The zero-order chi connectivity index (χ0) is 14.9. The Balaban J connectivity index is 2.34. The number of nitrogens with zero attached hydrogens (tertiary/aromatic N) is 3. The number of pyridine rings is 1. The number of aromatic nitrogens is 2. The smallest absolute Gasteiger partial charge is 0.298 e. The minimum Gasteiger partial charge on any atom is -0.298 e. The lowest BCUT2D eigenvalue weighted by molar-refractivity contribution is -0.385. The van der Waals surface area contributed by atoms with Gasteiger partial charge in [-0.3, -0.25) is 20.2 Å². The number of nitrogens with one attached hydrogen (secondary N) is 1. The Labute approximate surface area is 122 Å². The maximum absolute atomic E-state index is 12.1. The van der Waals surface area contributed by atoms with Gasteiger partial charge < -0.3 is 0 Å². The van der Waals surface area contributed by atoms with Crippen molar-refractivity contribution in [3.63, 3.8) is 0 Å². The molecule has 0 radical (unpaired) electrons.